The van der Waals surface area contributed by atoms with Crippen LogP contribution in [0.2, 0.25) is 0 Å². The number of amides is 1. The molecule has 0 atom stereocenters. The molecule has 3 rings (SSSR count). The lowest BCUT2D eigenvalue weighted by Crippen LogP contribution is -2.37. The van der Waals surface area contributed by atoms with E-state index in [-0.39, 0.29) is 11.3 Å². The van der Waals surface area contributed by atoms with E-state index in [0.29, 0.717) is 11.4 Å². The van der Waals surface area contributed by atoms with E-state index in [1.54, 1.807) is 12.1 Å². The lowest BCUT2D eigenvalue weighted by atomic mass is 9.85. The van der Waals surface area contributed by atoms with Gasteiger partial charge in [0.15, 0.2) is 5.71 Å². The Balaban J connectivity index is 1.95. The average molecular weight is 400 g/mol. The molecule has 1 heterocycles. The summed E-state index contributed by atoms with van der Waals surface area (Å²) < 4.78 is 0.911. The topological polar surface area (TPSA) is 74.1 Å². The molecule has 0 radical (unpaired) electrons. The number of rotatable bonds is 3. The number of hydrogen-bond donors (Lipinski definition) is 2. The molecule has 128 valence electrons. The molecule has 25 heavy (non-hydrogen) atoms. The van der Waals surface area contributed by atoms with E-state index in [2.05, 4.69) is 31.4 Å². The van der Waals surface area contributed by atoms with Gasteiger partial charge in [0, 0.05) is 15.7 Å². The van der Waals surface area contributed by atoms with Gasteiger partial charge in [-0.25, -0.2) is 0 Å². The molecule has 0 unspecified atom stereocenters. The zero-order valence-corrected chi connectivity index (χ0v) is 15.5. The highest BCUT2D eigenvalue weighted by atomic mass is 79.9. The zero-order chi connectivity index (χ0) is 18.0. The lowest BCUT2D eigenvalue weighted by Gasteiger charge is -2.28. The van der Waals surface area contributed by atoms with Crippen LogP contribution in [0.1, 0.15) is 25.0 Å². The van der Waals surface area contributed by atoms with Crippen LogP contribution < -0.4 is 5.32 Å². The van der Waals surface area contributed by atoms with Gasteiger partial charge in [-0.1, -0.05) is 45.4 Å². The summed E-state index contributed by atoms with van der Waals surface area (Å²) in [6.45, 7) is 3.98. The van der Waals surface area contributed by atoms with Crippen LogP contribution >= 0.6 is 15.9 Å². The molecular weight excluding hydrogens is 382 g/mol. The second kappa shape index (κ2) is 6.80. The Kier molecular flexibility index (Phi) is 4.72. The number of benzene rings is 2. The van der Waals surface area contributed by atoms with E-state index in [0.717, 1.165) is 22.0 Å². The Morgan fingerprint density at radius 3 is 2.56 bits per heavy atom. The maximum atomic E-state index is 12.7. The molecule has 1 aliphatic rings. The first-order valence-corrected chi connectivity index (χ1v) is 8.66. The number of oxime groups is 1. The SMILES string of the molecule is CC1(C)Cc2ccccc2C(C(=NO)C(=O)Nc2ccc(Br)cc2)=N1. The van der Waals surface area contributed by atoms with Gasteiger partial charge in [0.2, 0.25) is 0 Å². The van der Waals surface area contributed by atoms with E-state index in [9.17, 15) is 10.0 Å². The largest absolute Gasteiger partial charge is 0.410 e. The normalized spacial score (nSPS) is 16.0. The van der Waals surface area contributed by atoms with Gasteiger partial charge in [-0.05, 0) is 50.1 Å². The summed E-state index contributed by atoms with van der Waals surface area (Å²) in [4.78, 5) is 17.3. The van der Waals surface area contributed by atoms with Crippen molar-refractivity contribution in [3.8, 4) is 0 Å². The molecule has 1 aliphatic heterocycles. The molecular formula is C19H18BrN3O2. The molecule has 6 heteroatoms. The Bertz CT molecular complexity index is 870. The molecule has 0 bridgehead atoms. The monoisotopic (exact) mass is 399 g/mol. The maximum Gasteiger partial charge on any atom is 0.279 e. The number of aliphatic imine (C=N–C) groups is 1. The van der Waals surface area contributed by atoms with Crippen molar-refractivity contribution in [3.63, 3.8) is 0 Å². The van der Waals surface area contributed by atoms with Gasteiger partial charge in [-0.2, -0.15) is 0 Å². The third kappa shape index (κ3) is 3.79. The van der Waals surface area contributed by atoms with E-state index in [1.807, 2.05) is 50.2 Å². The molecule has 0 spiro atoms. The van der Waals surface area contributed by atoms with Crippen LogP contribution in [-0.2, 0) is 11.2 Å². The first kappa shape index (κ1) is 17.4. The fourth-order valence-corrected chi connectivity index (χ4v) is 3.14. The minimum Gasteiger partial charge on any atom is -0.410 e. The van der Waals surface area contributed by atoms with Gasteiger partial charge >= 0.3 is 0 Å². The number of fused-ring (bicyclic) bond motifs is 1. The Morgan fingerprint density at radius 1 is 1.20 bits per heavy atom. The van der Waals surface area contributed by atoms with Crippen LogP contribution in [0.25, 0.3) is 0 Å². The third-order valence-corrected chi connectivity index (χ3v) is 4.48. The van der Waals surface area contributed by atoms with E-state index >= 15 is 0 Å². The van der Waals surface area contributed by atoms with Crippen molar-refractivity contribution < 1.29 is 10.0 Å². The van der Waals surface area contributed by atoms with Crippen LogP contribution in [0.5, 0.6) is 0 Å². The van der Waals surface area contributed by atoms with E-state index < -0.39 is 5.91 Å². The molecule has 0 saturated heterocycles. The summed E-state index contributed by atoms with van der Waals surface area (Å²) in [5.74, 6) is -0.504. The van der Waals surface area contributed by atoms with Crippen molar-refractivity contribution in [3.05, 3.63) is 64.1 Å². The second-order valence-corrected chi connectivity index (χ2v) is 7.43. The predicted molar refractivity (Wildman–Crippen MR) is 103 cm³/mol. The predicted octanol–water partition coefficient (Wildman–Crippen LogP) is 4.04. The third-order valence-electron chi connectivity index (χ3n) is 3.95. The highest BCUT2D eigenvalue weighted by molar-refractivity contribution is 9.10. The summed E-state index contributed by atoms with van der Waals surface area (Å²) in [5.41, 5.74) is 2.44. The van der Waals surface area contributed by atoms with E-state index in [4.69, 9.17) is 0 Å². The van der Waals surface area contributed by atoms with Gasteiger partial charge in [-0.3, -0.25) is 9.79 Å². The number of hydrogen-bond acceptors (Lipinski definition) is 4. The first-order valence-electron chi connectivity index (χ1n) is 7.87. The number of nitrogens with zero attached hydrogens (tertiary/aromatic N) is 2. The second-order valence-electron chi connectivity index (χ2n) is 6.52. The fourth-order valence-electron chi connectivity index (χ4n) is 2.88. The van der Waals surface area contributed by atoms with Crippen molar-refractivity contribution in [1.82, 2.24) is 0 Å². The van der Waals surface area contributed by atoms with Crippen molar-refractivity contribution in [2.45, 2.75) is 25.8 Å². The smallest absolute Gasteiger partial charge is 0.279 e. The molecule has 2 aromatic rings. The summed E-state index contributed by atoms with van der Waals surface area (Å²) in [6, 6.07) is 14.9. The quantitative estimate of drug-likeness (QED) is 0.464. The number of anilines is 1. The number of carbonyl (C=O) groups excluding carboxylic acids is 1. The van der Waals surface area contributed by atoms with Crippen LogP contribution in [0.4, 0.5) is 5.69 Å². The van der Waals surface area contributed by atoms with Crippen LogP contribution in [0.3, 0.4) is 0 Å². The first-order chi connectivity index (χ1) is 11.9. The average Bonchev–Trinajstić information content (AvgIpc) is 2.56. The fraction of sp³-hybridized carbons (Fsp3) is 0.211. The molecule has 2 N–H and O–H groups in total. The summed E-state index contributed by atoms with van der Waals surface area (Å²) in [7, 11) is 0. The zero-order valence-electron chi connectivity index (χ0n) is 14.0. The summed E-state index contributed by atoms with van der Waals surface area (Å²) >= 11 is 3.35. The molecule has 0 saturated carbocycles. The minimum absolute atomic E-state index is 0.0943. The highest BCUT2D eigenvalue weighted by Crippen LogP contribution is 2.27. The molecule has 5 nitrogen and oxygen atoms in total. The van der Waals surface area contributed by atoms with Gasteiger partial charge in [0.25, 0.3) is 5.91 Å². The Hall–Kier alpha value is -2.47. The molecule has 0 aromatic heterocycles. The van der Waals surface area contributed by atoms with Crippen LogP contribution in [0.15, 0.2) is 63.2 Å². The molecule has 0 aliphatic carbocycles. The van der Waals surface area contributed by atoms with Crippen LogP contribution in [0, 0.1) is 0 Å². The van der Waals surface area contributed by atoms with Crippen molar-refractivity contribution >= 4 is 38.9 Å². The Labute approximate surface area is 154 Å². The van der Waals surface area contributed by atoms with E-state index in [1.165, 1.54) is 0 Å². The number of halogens is 1. The summed E-state index contributed by atoms with van der Waals surface area (Å²) in [6.07, 6.45) is 0.764. The molecule has 2 aromatic carbocycles. The molecule has 1 amide bonds. The molecule has 0 fully saturated rings. The van der Waals surface area contributed by atoms with Crippen molar-refractivity contribution in [2.24, 2.45) is 10.1 Å². The lowest BCUT2D eigenvalue weighted by molar-refractivity contribution is -0.110. The van der Waals surface area contributed by atoms with Gasteiger partial charge < -0.3 is 10.5 Å². The number of nitrogens with one attached hydrogen (secondary N) is 1. The highest BCUT2D eigenvalue weighted by Gasteiger charge is 2.31. The van der Waals surface area contributed by atoms with Crippen LogP contribution in [-0.4, -0.2) is 28.1 Å². The van der Waals surface area contributed by atoms with Gasteiger partial charge in [0.1, 0.15) is 5.71 Å². The van der Waals surface area contributed by atoms with Crippen molar-refractivity contribution in [2.75, 3.05) is 5.32 Å². The van der Waals surface area contributed by atoms with Gasteiger partial charge in [-0.15, -0.1) is 0 Å². The van der Waals surface area contributed by atoms with Crippen molar-refractivity contribution in [1.29, 1.82) is 0 Å². The van der Waals surface area contributed by atoms with Gasteiger partial charge in [0.05, 0.1) is 5.54 Å². The number of carbonyl (C=O) groups is 1. The minimum atomic E-state index is -0.504. The Morgan fingerprint density at radius 2 is 1.88 bits per heavy atom. The maximum absolute atomic E-state index is 12.7. The standard InChI is InChI=1S/C19H18BrN3O2/c1-19(2)11-12-5-3-4-6-15(12)16(22-19)17(23-25)18(24)21-14-9-7-13(20)8-10-14/h3-10,25H,11H2,1-2H3,(H,21,24). The summed E-state index contributed by atoms with van der Waals surface area (Å²) in [5, 5.41) is 15.5.